The molecular weight excluding hydrogens is 176 g/mol. The maximum Gasteiger partial charge on any atom is 0.143 e. The number of nitrogen functional groups attached to an aromatic ring is 1. The first-order chi connectivity index (χ1) is 6.70. The fourth-order valence-electron chi connectivity index (χ4n) is 1.38. The molecule has 1 fully saturated rings. The largest absolute Gasteiger partial charge is 0.308 e. The van der Waals surface area contributed by atoms with Crippen LogP contribution in [0.1, 0.15) is 50.0 Å². The Kier molecular flexibility index (Phi) is 2.37. The summed E-state index contributed by atoms with van der Waals surface area (Å²) in [5.41, 5.74) is 3.66. The van der Waals surface area contributed by atoms with E-state index < -0.39 is 0 Å². The first-order valence-corrected chi connectivity index (χ1v) is 5.06. The minimum Gasteiger partial charge on any atom is -0.308 e. The van der Waals surface area contributed by atoms with Crippen molar-refractivity contribution >= 4 is 5.82 Å². The number of rotatable bonds is 3. The van der Waals surface area contributed by atoms with E-state index in [0.29, 0.717) is 11.8 Å². The van der Waals surface area contributed by atoms with Gasteiger partial charge in [0.1, 0.15) is 11.6 Å². The summed E-state index contributed by atoms with van der Waals surface area (Å²) in [6, 6.07) is 1.91. The van der Waals surface area contributed by atoms with Crippen molar-refractivity contribution in [1.82, 2.24) is 9.97 Å². The van der Waals surface area contributed by atoms with Crippen molar-refractivity contribution in [1.29, 1.82) is 0 Å². The summed E-state index contributed by atoms with van der Waals surface area (Å²) in [5, 5.41) is 0. The quantitative estimate of drug-likeness (QED) is 0.566. The van der Waals surface area contributed by atoms with Crippen LogP contribution in [0.25, 0.3) is 0 Å². The van der Waals surface area contributed by atoms with Gasteiger partial charge < -0.3 is 5.43 Å². The Labute approximate surface area is 83.9 Å². The molecule has 1 saturated carbocycles. The first kappa shape index (κ1) is 9.40. The van der Waals surface area contributed by atoms with Crippen LogP contribution >= 0.6 is 0 Å². The van der Waals surface area contributed by atoms with E-state index in [2.05, 4.69) is 29.2 Å². The van der Waals surface area contributed by atoms with Crippen LogP contribution in [0.3, 0.4) is 0 Å². The molecule has 0 spiro atoms. The molecule has 0 bridgehead atoms. The monoisotopic (exact) mass is 192 g/mol. The summed E-state index contributed by atoms with van der Waals surface area (Å²) in [7, 11) is 0. The van der Waals surface area contributed by atoms with E-state index in [1.54, 1.807) is 0 Å². The Morgan fingerprint density at radius 1 is 1.43 bits per heavy atom. The van der Waals surface area contributed by atoms with Gasteiger partial charge in [-0.25, -0.2) is 15.8 Å². The minimum absolute atomic E-state index is 0.419. The van der Waals surface area contributed by atoms with E-state index in [1.165, 1.54) is 12.8 Å². The average Bonchev–Trinajstić information content (AvgIpc) is 3.00. The van der Waals surface area contributed by atoms with Gasteiger partial charge in [-0.05, 0) is 18.8 Å². The molecule has 2 rings (SSSR count). The van der Waals surface area contributed by atoms with Gasteiger partial charge >= 0.3 is 0 Å². The molecule has 14 heavy (non-hydrogen) atoms. The Bertz CT molecular complexity index is 311. The van der Waals surface area contributed by atoms with Gasteiger partial charge in [-0.2, -0.15) is 0 Å². The molecule has 1 heterocycles. The molecule has 0 aliphatic heterocycles. The Balaban J connectivity index is 2.35. The lowest BCUT2D eigenvalue weighted by atomic mass is 10.1. The third kappa shape index (κ3) is 1.85. The Morgan fingerprint density at radius 3 is 2.64 bits per heavy atom. The summed E-state index contributed by atoms with van der Waals surface area (Å²) < 4.78 is 0. The van der Waals surface area contributed by atoms with Gasteiger partial charge in [0.05, 0.1) is 0 Å². The van der Waals surface area contributed by atoms with E-state index >= 15 is 0 Å². The molecule has 0 atom stereocenters. The number of hydrazine groups is 1. The zero-order valence-electron chi connectivity index (χ0n) is 8.62. The highest BCUT2D eigenvalue weighted by molar-refractivity contribution is 5.36. The number of anilines is 1. The van der Waals surface area contributed by atoms with E-state index in [0.717, 1.165) is 17.3 Å². The van der Waals surface area contributed by atoms with Crippen molar-refractivity contribution < 1.29 is 0 Å². The zero-order chi connectivity index (χ0) is 10.1. The fourth-order valence-corrected chi connectivity index (χ4v) is 1.38. The van der Waals surface area contributed by atoms with E-state index in [-0.39, 0.29) is 0 Å². The summed E-state index contributed by atoms with van der Waals surface area (Å²) in [6.07, 6.45) is 2.43. The highest BCUT2D eigenvalue weighted by Gasteiger charge is 2.27. The van der Waals surface area contributed by atoms with E-state index in [1.807, 2.05) is 6.07 Å². The molecule has 76 valence electrons. The molecule has 3 N–H and O–H groups in total. The summed E-state index contributed by atoms with van der Waals surface area (Å²) in [6.45, 7) is 4.25. The Hall–Kier alpha value is -1.16. The van der Waals surface area contributed by atoms with Crippen LogP contribution in [0, 0.1) is 0 Å². The minimum atomic E-state index is 0.419. The van der Waals surface area contributed by atoms with Gasteiger partial charge in [0.25, 0.3) is 0 Å². The number of nitrogens with two attached hydrogens (primary N) is 1. The van der Waals surface area contributed by atoms with Crippen molar-refractivity contribution in [2.45, 2.75) is 38.5 Å². The van der Waals surface area contributed by atoms with E-state index in [9.17, 15) is 0 Å². The number of hydrogen-bond acceptors (Lipinski definition) is 4. The lowest BCUT2D eigenvalue weighted by Crippen LogP contribution is -2.11. The normalized spacial score (nSPS) is 16.0. The molecule has 0 aromatic carbocycles. The number of nitrogens with one attached hydrogen (secondary N) is 1. The van der Waals surface area contributed by atoms with Crippen LogP contribution in [0.4, 0.5) is 5.82 Å². The van der Waals surface area contributed by atoms with Gasteiger partial charge in [-0.1, -0.05) is 13.8 Å². The SMILES string of the molecule is CC(C)c1cc(NN)nc(C2CC2)n1. The third-order valence-corrected chi connectivity index (χ3v) is 2.45. The first-order valence-electron chi connectivity index (χ1n) is 5.06. The Morgan fingerprint density at radius 2 is 2.14 bits per heavy atom. The molecule has 1 aromatic rings. The van der Waals surface area contributed by atoms with Crippen molar-refractivity contribution in [3.63, 3.8) is 0 Å². The number of hydrogen-bond donors (Lipinski definition) is 2. The molecule has 1 aliphatic rings. The van der Waals surface area contributed by atoms with Crippen molar-refractivity contribution in [2.24, 2.45) is 5.84 Å². The predicted octanol–water partition coefficient (Wildman–Crippen LogP) is 1.76. The van der Waals surface area contributed by atoms with Crippen LogP contribution in [0.2, 0.25) is 0 Å². The zero-order valence-corrected chi connectivity index (χ0v) is 8.62. The van der Waals surface area contributed by atoms with Crippen LogP contribution in [0.5, 0.6) is 0 Å². The lowest BCUT2D eigenvalue weighted by molar-refractivity contribution is 0.784. The second-order valence-electron chi connectivity index (χ2n) is 4.11. The highest BCUT2D eigenvalue weighted by Crippen LogP contribution is 2.38. The second-order valence-corrected chi connectivity index (χ2v) is 4.11. The van der Waals surface area contributed by atoms with Gasteiger partial charge in [0, 0.05) is 17.7 Å². The number of aromatic nitrogens is 2. The topological polar surface area (TPSA) is 63.8 Å². The molecule has 0 unspecified atom stereocenters. The van der Waals surface area contributed by atoms with Gasteiger partial charge in [-0.3, -0.25) is 0 Å². The van der Waals surface area contributed by atoms with Gasteiger partial charge in [0.2, 0.25) is 0 Å². The summed E-state index contributed by atoms with van der Waals surface area (Å²) in [5.74, 6) is 8.03. The van der Waals surface area contributed by atoms with Crippen LogP contribution < -0.4 is 11.3 Å². The van der Waals surface area contributed by atoms with Crippen molar-refractivity contribution in [3.8, 4) is 0 Å². The van der Waals surface area contributed by atoms with Crippen LogP contribution in [0.15, 0.2) is 6.07 Å². The maximum absolute atomic E-state index is 5.37. The standard InChI is InChI=1S/C10H16N4/c1-6(2)8-5-9(14-11)13-10(12-8)7-3-4-7/h5-7H,3-4,11H2,1-2H3,(H,12,13,14). The second kappa shape index (κ2) is 3.53. The van der Waals surface area contributed by atoms with E-state index in [4.69, 9.17) is 5.84 Å². The smallest absolute Gasteiger partial charge is 0.143 e. The molecule has 0 saturated heterocycles. The molecule has 4 heteroatoms. The van der Waals surface area contributed by atoms with Gasteiger partial charge in [0.15, 0.2) is 0 Å². The predicted molar refractivity (Wildman–Crippen MR) is 55.9 cm³/mol. The molecule has 0 radical (unpaired) electrons. The van der Waals surface area contributed by atoms with Crippen LogP contribution in [-0.2, 0) is 0 Å². The summed E-state index contributed by atoms with van der Waals surface area (Å²) in [4.78, 5) is 8.89. The highest BCUT2D eigenvalue weighted by atomic mass is 15.3. The molecular formula is C10H16N4. The lowest BCUT2D eigenvalue weighted by Gasteiger charge is -2.09. The fraction of sp³-hybridized carbons (Fsp3) is 0.600. The maximum atomic E-state index is 5.37. The summed E-state index contributed by atoms with van der Waals surface area (Å²) >= 11 is 0. The molecule has 4 nitrogen and oxygen atoms in total. The van der Waals surface area contributed by atoms with Crippen molar-refractivity contribution in [2.75, 3.05) is 5.43 Å². The van der Waals surface area contributed by atoms with Crippen molar-refractivity contribution in [3.05, 3.63) is 17.6 Å². The third-order valence-electron chi connectivity index (χ3n) is 2.45. The molecule has 1 aromatic heterocycles. The molecule has 0 amide bonds. The average molecular weight is 192 g/mol. The van der Waals surface area contributed by atoms with Crippen LogP contribution in [-0.4, -0.2) is 9.97 Å². The van der Waals surface area contributed by atoms with Gasteiger partial charge in [-0.15, -0.1) is 0 Å². The molecule has 1 aliphatic carbocycles. The number of nitrogens with zero attached hydrogens (tertiary/aromatic N) is 2.